The summed E-state index contributed by atoms with van der Waals surface area (Å²) in [5.74, 6) is 0.347. The van der Waals surface area contributed by atoms with E-state index in [1.807, 2.05) is 25.7 Å². The Hall–Kier alpha value is -2.05. The van der Waals surface area contributed by atoms with E-state index in [1.165, 1.54) is 22.2 Å². The lowest BCUT2D eigenvalue weighted by atomic mass is 9.73. The van der Waals surface area contributed by atoms with E-state index in [-0.39, 0.29) is 12.1 Å². The smallest absolute Gasteiger partial charge is 0.317 e. The van der Waals surface area contributed by atoms with E-state index in [0.717, 1.165) is 50.0 Å². The van der Waals surface area contributed by atoms with Crippen LogP contribution < -0.4 is 5.32 Å². The summed E-state index contributed by atoms with van der Waals surface area (Å²) in [5, 5.41) is 14.9. The molecule has 0 radical (unpaired) electrons. The van der Waals surface area contributed by atoms with Gasteiger partial charge in [-0.3, -0.25) is 0 Å². The minimum absolute atomic E-state index is 0.0335. The number of hydrogen-bond acceptors (Lipinski definition) is 3. The lowest BCUT2D eigenvalue weighted by Crippen LogP contribution is -2.56. The van der Waals surface area contributed by atoms with Crippen molar-refractivity contribution in [3.05, 3.63) is 34.5 Å². The highest BCUT2D eigenvalue weighted by Crippen LogP contribution is 2.45. The van der Waals surface area contributed by atoms with Crippen molar-refractivity contribution in [2.45, 2.75) is 71.1 Å². The number of hydrogen-bond donors (Lipinski definition) is 3. The molecule has 2 unspecified atom stereocenters. The highest BCUT2D eigenvalue weighted by Gasteiger charge is 2.41. The first-order chi connectivity index (χ1) is 14.4. The Morgan fingerprint density at radius 1 is 1.33 bits per heavy atom. The van der Waals surface area contributed by atoms with Crippen LogP contribution in [0.15, 0.2) is 12.1 Å². The number of aromatic amines is 1. The zero-order valence-electron chi connectivity index (χ0n) is 19.0. The number of amides is 2. The second-order valence-corrected chi connectivity index (χ2v) is 9.02. The number of aromatic nitrogens is 1. The highest BCUT2D eigenvalue weighted by atomic mass is 16.3. The second-order valence-electron chi connectivity index (χ2n) is 9.02. The van der Waals surface area contributed by atoms with Crippen molar-refractivity contribution < 1.29 is 9.90 Å². The summed E-state index contributed by atoms with van der Waals surface area (Å²) >= 11 is 0. The first kappa shape index (κ1) is 21.2. The number of H-pyrrole nitrogens is 1. The van der Waals surface area contributed by atoms with Gasteiger partial charge in [0.05, 0.1) is 6.10 Å². The van der Waals surface area contributed by atoms with Crippen LogP contribution in [-0.2, 0) is 12.8 Å². The molecule has 4 rings (SSSR count). The molecule has 1 fully saturated rings. The number of carbonyl (C=O) groups is 1. The predicted molar refractivity (Wildman–Crippen MR) is 121 cm³/mol. The third-order valence-electron chi connectivity index (χ3n) is 7.25. The van der Waals surface area contributed by atoms with Gasteiger partial charge in [-0.2, -0.15) is 0 Å². The van der Waals surface area contributed by atoms with Gasteiger partial charge >= 0.3 is 6.03 Å². The molecule has 2 aliphatic rings. The van der Waals surface area contributed by atoms with Gasteiger partial charge in [0.1, 0.15) is 0 Å². The van der Waals surface area contributed by atoms with Crippen molar-refractivity contribution in [1.82, 2.24) is 20.1 Å². The van der Waals surface area contributed by atoms with E-state index in [1.54, 1.807) is 0 Å². The number of nitrogens with one attached hydrogen (secondary N) is 2. The number of aliphatic hydroxyl groups excluding tert-OH is 1. The molecule has 1 aliphatic carbocycles. The van der Waals surface area contributed by atoms with Crippen LogP contribution >= 0.6 is 0 Å². The van der Waals surface area contributed by atoms with Crippen LogP contribution in [0.1, 0.15) is 68.5 Å². The zero-order chi connectivity index (χ0) is 21.6. The maximum absolute atomic E-state index is 12.7. The fourth-order valence-corrected chi connectivity index (χ4v) is 5.62. The minimum atomic E-state index is -0.498. The predicted octanol–water partition coefficient (Wildman–Crippen LogP) is 3.55. The molecule has 164 valence electrons. The normalized spacial score (nSPS) is 24.5. The fraction of sp³-hybridized carbons (Fsp3) is 0.625. The third-order valence-corrected chi connectivity index (χ3v) is 7.25. The molecular formula is C24H36N4O2. The van der Waals surface area contributed by atoms with Crippen LogP contribution in [0.3, 0.4) is 0 Å². The molecule has 4 atom stereocenters. The molecule has 6 nitrogen and oxygen atoms in total. The van der Waals surface area contributed by atoms with Crippen LogP contribution in [0.2, 0.25) is 0 Å². The SMILES string of the molecule is CCc1[nH]c2cc(C(C)O)cc3c2c1C[C@@H]1C3C[C@H](NC(=O)N(CC)CC)CN1C. The quantitative estimate of drug-likeness (QED) is 0.703. The zero-order valence-corrected chi connectivity index (χ0v) is 19.0. The molecule has 1 saturated heterocycles. The van der Waals surface area contributed by atoms with Gasteiger partial charge in [-0.1, -0.05) is 13.0 Å². The maximum atomic E-state index is 12.7. The van der Waals surface area contributed by atoms with Crippen molar-refractivity contribution in [3.63, 3.8) is 0 Å². The molecule has 0 bridgehead atoms. The molecule has 0 spiro atoms. The summed E-state index contributed by atoms with van der Waals surface area (Å²) in [6.07, 6.45) is 2.47. The lowest BCUT2D eigenvalue weighted by molar-refractivity contribution is 0.123. The number of fused-ring (bicyclic) bond motifs is 2. The Labute approximate surface area is 179 Å². The number of rotatable bonds is 5. The molecule has 2 aromatic rings. The number of aryl methyl sites for hydroxylation is 1. The first-order valence-corrected chi connectivity index (χ1v) is 11.5. The van der Waals surface area contributed by atoms with Crippen LogP contribution in [-0.4, -0.2) is 64.7 Å². The number of likely N-dealkylation sites (N-methyl/N-ethyl adjacent to an activating group) is 1. The van der Waals surface area contributed by atoms with E-state index in [9.17, 15) is 9.90 Å². The van der Waals surface area contributed by atoms with Crippen molar-refractivity contribution in [2.24, 2.45) is 0 Å². The molecular weight excluding hydrogens is 376 g/mol. The van der Waals surface area contributed by atoms with Gasteiger partial charge in [0.25, 0.3) is 0 Å². The van der Waals surface area contributed by atoms with Gasteiger partial charge in [0.2, 0.25) is 0 Å². The standard InChI is InChI=1S/C24H36N4O2/c1-6-20-19-12-22-17(18-9-15(14(4)29)10-21(26-20)23(18)19)11-16(13-27(22)5)25-24(30)28(7-2)8-3/h9-10,14,16-17,22,26,29H,6-8,11-13H2,1-5H3,(H,25,30)/t14?,16-,17?,22+/m0/s1. The fourth-order valence-electron chi connectivity index (χ4n) is 5.62. The van der Waals surface area contributed by atoms with Crippen molar-refractivity contribution in [3.8, 4) is 0 Å². The molecule has 2 heterocycles. The van der Waals surface area contributed by atoms with Crippen LogP contribution in [0.5, 0.6) is 0 Å². The molecule has 3 N–H and O–H groups in total. The van der Waals surface area contributed by atoms with Crippen molar-refractivity contribution in [2.75, 3.05) is 26.7 Å². The van der Waals surface area contributed by atoms with E-state index < -0.39 is 6.10 Å². The number of likely N-dealkylation sites (tertiary alicyclic amines) is 1. The van der Waals surface area contributed by atoms with Gasteiger partial charge in [0.15, 0.2) is 0 Å². The number of benzene rings is 1. The largest absolute Gasteiger partial charge is 0.389 e. The van der Waals surface area contributed by atoms with Crippen LogP contribution in [0, 0.1) is 0 Å². The van der Waals surface area contributed by atoms with Gasteiger partial charge < -0.3 is 25.2 Å². The molecule has 1 aliphatic heterocycles. The molecule has 1 aromatic carbocycles. The average molecular weight is 413 g/mol. The summed E-state index contributed by atoms with van der Waals surface area (Å²) in [6, 6.07) is 4.90. The first-order valence-electron chi connectivity index (χ1n) is 11.5. The topological polar surface area (TPSA) is 71.6 Å². The molecule has 30 heavy (non-hydrogen) atoms. The number of nitrogens with zero attached hydrogens (tertiary/aromatic N) is 2. The average Bonchev–Trinajstić information content (AvgIpc) is 3.08. The van der Waals surface area contributed by atoms with E-state index >= 15 is 0 Å². The lowest BCUT2D eigenvalue weighted by Gasteiger charge is -2.46. The maximum Gasteiger partial charge on any atom is 0.317 e. The Balaban J connectivity index is 1.72. The second kappa shape index (κ2) is 8.23. The minimum Gasteiger partial charge on any atom is -0.389 e. The number of piperidine rings is 1. The van der Waals surface area contributed by atoms with Gasteiger partial charge in [-0.05, 0) is 69.8 Å². The molecule has 6 heteroatoms. The number of urea groups is 1. The number of aliphatic hydroxyl groups is 1. The summed E-state index contributed by atoms with van der Waals surface area (Å²) in [4.78, 5) is 20.6. The molecule has 1 aromatic heterocycles. The Morgan fingerprint density at radius 3 is 2.70 bits per heavy atom. The van der Waals surface area contributed by atoms with E-state index in [0.29, 0.717) is 12.0 Å². The Kier molecular flexibility index (Phi) is 5.82. The van der Waals surface area contributed by atoms with Gasteiger partial charge in [-0.15, -0.1) is 0 Å². The third kappa shape index (κ3) is 3.50. The van der Waals surface area contributed by atoms with Gasteiger partial charge in [-0.25, -0.2) is 4.79 Å². The van der Waals surface area contributed by atoms with Crippen molar-refractivity contribution in [1.29, 1.82) is 0 Å². The van der Waals surface area contributed by atoms with E-state index in [4.69, 9.17) is 0 Å². The summed E-state index contributed by atoms with van der Waals surface area (Å²) in [5.41, 5.74) is 6.20. The van der Waals surface area contributed by atoms with E-state index in [2.05, 4.69) is 41.3 Å². The van der Waals surface area contributed by atoms with Crippen LogP contribution in [0.4, 0.5) is 4.79 Å². The Morgan fingerprint density at radius 2 is 2.07 bits per heavy atom. The van der Waals surface area contributed by atoms with Crippen molar-refractivity contribution >= 4 is 16.9 Å². The highest BCUT2D eigenvalue weighted by molar-refractivity contribution is 5.90. The Bertz CT molecular complexity index is 931. The molecule has 2 amide bonds. The number of carbonyl (C=O) groups excluding carboxylic acids is 1. The summed E-state index contributed by atoms with van der Waals surface area (Å²) < 4.78 is 0. The summed E-state index contributed by atoms with van der Waals surface area (Å²) in [7, 11) is 2.19. The summed E-state index contributed by atoms with van der Waals surface area (Å²) in [6.45, 7) is 10.4. The van der Waals surface area contributed by atoms with Gasteiger partial charge in [0, 0.05) is 54.2 Å². The molecule has 0 saturated carbocycles. The monoisotopic (exact) mass is 412 g/mol. The van der Waals surface area contributed by atoms with Crippen LogP contribution in [0.25, 0.3) is 10.9 Å².